The van der Waals surface area contributed by atoms with Gasteiger partial charge in [0.2, 0.25) is 0 Å². The number of carboxylic acid groups (broad SMARTS) is 1. The Morgan fingerprint density at radius 2 is 1.56 bits per heavy atom. The van der Waals surface area contributed by atoms with Gasteiger partial charge in [0, 0.05) is 42.9 Å². The van der Waals surface area contributed by atoms with E-state index in [-0.39, 0.29) is 6.04 Å². The van der Waals surface area contributed by atoms with E-state index in [4.69, 9.17) is 11.6 Å². The van der Waals surface area contributed by atoms with Gasteiger partial charge in [0.05, 0.1) is 6.04 Å². The summed E-state index contributed by atoms with van der Waals surface area (Å²) in [5.74, 6) is 0. The fraction of sp³-hybridized carbons (Fsp3) is 0.321. The number of carbonyl (C=O) groups excluding carboxylic acids is 1. The summed E-state index contributed by atoms with van der Waals surface area (Å²) in [5, 5.41) is 12.2. The van der Waals surface area contributed by atoms with Crippen LogP contribution < -0.4 is 10.0 Å². The van der Waals surface area contributed by atoms with Crippen molar-refractivity contribution in [2.45, 2.75) is 25.4 Å². The number of hydrogen-bond donors (Lipinski definition) is 0. The second-order valence-electron chi connectivity index (χ2n) is 8.86. The molecular weight excluding hydrogens is 446 g/mol. The van der Waals surface area contributed by atoms with Crippen LogP contribution in [0.15, 0.2) is 84.9 Å². The van der Waals surface area contributed by atoms with E-state index >= 15 is 0 Å². The van der Waals surface area contributed by atoms with Crippen LogP contribution in [-0.4, -0.2) is 54.7 Å². The van der Waals surface area contributed by atoms with Crippen molar-refractivity contribution < 1.29 is 9.90 Å². The SMILES string of the molecule is CC1CN(CCCN(C(=O)[O-])c2ccc(Cl)cc2)CCN1C(c1ccccc1)c1ccccc1. The molecule has 1 aliphatic rings. The monoisotopic (exact) mass is 476 g/mol. The molecule has 5 nitrogen and oxygen atoms in total. The topological polar surface area (TPSA) is 49.9 Å². The van der Waals surface area contributed by atoms with Crippen LogP contribution in [0.2, 0.25) is 5.02 Å². The number of halogens is 1. The molecule has 1 fully saturated rings. The van der Waals surface area contributed by atoms with Crippen molar-refractivity contribution in [2.24, 2.45) is 0 Å². The molecule has 0 N–H and O–H groups in total. The van der Waals surface area contributed by atoms with Crippen LogP contribution in [0.5, 0.6) is 0 Å². The molecule has 3 aromatic rings. The molecule has 1 heterocycles. The van der Waals surface area contributed by atoms with E-state index in [0.717, 1.165) is 32.6 Å². The van der Waals surface area contributed by atoms with Crippen LogP contribution in [0, 0.1) is 0 Å². The van der Waals surface area contributed by atoms with E-state index in [9.17, 15) is 9.90 Å². The fourth-order valence-corrected chi connectivity index (χ4v) is 5.01. The molecule has 178 valence electrons. The minimum atomic E-state index is -1.19. The van der Waals surface area contributed by atoms with E-state index in [0.29, 0.717) is 23.3 Å². The van der Waals surface area contributed by atoms with E-state index in [1.54, 1.807) is 24.3 Å². The van der Waals surface area contributed by atoms with Gasteiger partial charge in [-0.05, 0) is 55.3 Å². The van der Waals surface area contributed by atoms with Crippen LogP contribution in [0.3, 0.4) is 0 Å². The van der Waals surface area contributed by atoms with E-state index < -0.39 is 6.09 Å². The van der Waals surface area contributed by atoms with Gasteiger partial charge in [-0.3, -0.25) is 4.90 Å². The molecule has 34 heavy (non-hydrogen) atoms. The molecule has 0 radical (unpaired) electrons. The molecule has 1 unspecified atom stereocenters. The Hall–Kier alpha value is -2.86. The third kappa shape index (κ3) is 5.98. The Balaban J connectivity index is 1.37. The van der Waals surface area contributed by atoms with Gasteiger partial charge < -0.3 is 19.7 Å². The maximum absolute atomic E-state index is 11.7. The molecule has 0 spiro atoms. The predicted molar refractivity (Wildman–Crippen MR) is 136 cm³/mol. The normalized spacial score (nSPS) is 17.1. The minimum absolute atomic E-state index is 0.220. The first-order valence-electron chi connectivity index (χ1n) is 11.8. The van der Waals surface area contributed by atoms with Crippen molar-refractivity contribution in [1.29, 1.82) is 0 Å². The Bertz CT molecular complexity index is 1010. The molecule has 3 aromatic carbocycles. The lowest BCUT2D eigenvalue weighted by Gasteiger charge is -2.44. The summed E-state index contributed by atoms with van der Waals surface area (Å²) in [4.78, 5) is 18.0. The first-order chi connectivity index (χ1) is 16.5. The summed E-state index contributed by atoms with van der Waals surface area (Å²) in [5.41, 5.74) is 3.21. The summed E-state index contributed by atoms with van der Waals surface area (Å²) in [7, 11) is 0. The molecule has 0 aromatic heterocycles. The van der Waals surface area contributed by atoms with Gasteiger partial charge in [0.1, 0.15) is 6.09 Å². The fourth-order valence-electron chi connectivity index (χ4n) is 4.88. The predicted octanol–water partition coefficient (Wildman–Crippen LogP) is 4.68. The third-order valence-electron chi connectivity index (χ3n) is 6.54. The summed E-state index contributed by atoms with van der Waals surface area (Å²) >= 11 is 5.94. The Morgan fingerprint density at radius 3 is 2.09 bits per heavy atom. The lowest BCUT2D eigenvalue weighted by molar-refractivity contribution is -0.246. The van der Waals surface area contributed by atoms with Crippen molar-refractivity contribution in [2.75, 3.05) is 37.6 Å². The second kappa shape index (κ2) is 11.5. The van der Waals surface area contributed by atoms with Gasteiger partial charge in [0.25, 0.3) is 0 Å². The second-order valence-corrected chi connectivity index (χ2v) is 9.30. The van der Waals surface area contributed by atoms with Crippen LogP contribution in [-0.2, 0) is 0 Å². The highest BCUT2D eigenvalue weighted by Crippen LogP contribution is 2.31. The van der Waals surface area contributed by atoms with Gasteiger partial charge in [0.15, 0.2) is 0 Å². The maximum atomic E-state index is 11.7. The summed E-state index contributed by atoms with van der Waals surface area (Å²) in [6, 6.07) is 28.8. The van der Waals surface area contributed by atoms with Gasteiger partial charge >= 0.3 is 0 Å². The van der Waals surface area contributed by atoms with Gasteiger partial charge in [-0.25, -0.2) is 0 Å². The Labute approximate surface area is 207 Å². The zero-order chi connectivity index (χ0) is 23.9. The Kier molecular flexibility index (Phi) is 8.22. The number of piperazine rings is 1. The molecule has 6 heteroatoms. The zero-order valence-electron chi connectivity index (χ0n) is 19.5. The number of benzene rings is 3. The van der Waals surface area contributed by atoms with Crippen LogP contribution in [0.4, 0.5) is 10.5 Å². The maximum Gasteiger partial charge on any atom is 0.141 e. The largest absolute Gasteiger partial charge is 0.530 e. The number of nitrogens with zero attached hydrogens (tertiary/aromatic N) is 3. The molecule has 0 bridgehead atoms. The van der Waals surface area contributed by atoms with Crippen LogP contribution >= 0.6 is 11.6 Å². The van der Waals surface area contributed by atoms with Crippen molar-refractivity contribution in [3.05, 3.63) is 101 Å². The number of rotatable bonds is 8. The van der Waals surface area contributed by atoms with Crippen LogP contribution in [0.25, 0.3) is 0 Å². The lowest BCUT2D eigenvalue weighted by Crippen LogP contribution is -2.53. The lowest BCUT2D eigenvalue weighted by atomic mass is 9.95. The molecule has 1 amide bonds. The first kappa shape index (κ1) is 24.3. The molecule has 1 saturated heterocycles. The number of amides is 1. The van der Waals surface area contributed by atoms with E-state index in [1.807, 2.05) is 0 Å². The third-order valence-corrected chi connectivity index (χ3v) is 6.79. The number of carbonyl (C=O) groups is 1. The van der Waals surface area contributed by atoms with Crippen molar-refractivity contribution in [1.82, 2.24) is 9.80 Å². The summed E-state index contributed by atoms with van der Waals surface area (Å²) in [6.45, 7) is 6.38. The average molecular weight is 477 g/mol. The molecule has 0 aliphatic carbocycles. The highest BCUT2D eigenvalue weighted by Gasteiger charge is 2.31. The van der Waals surface area contributed by atoms with Crippen molar-refractivity contribution >= 4 is 23.4 Å². The van der Waals surface area contributed by atoms with Crippen LogP contribution in [0.1, 0.15) is 30.5 Å². The van der Waals surface area contributed by atoms with E-state index in [2.05, 4.69) is 77.4 Å². The average Bonchev–Trinajstić information content (AvgIpc) is 2.85. The summed E-state index contributed by atoms with van der Waals surface area (Å²) < 4.78 is 0. The number of anilines is 1. The molecule has 0 saturated carbocycles. The van der Waals surface area contributed by atoms with Gasteiger partial charge in [-0.15, -0.1) is 0 Å². The molecule has 4 rings (SSSR count). The van der Waals surface area contributed by atoms with Gasteiger partial charge in [-0.1, -0.05) is 72.3 Å². The first-order valence-corrected chi connectivity index (χ1v) is 12.2. The quantitative estimate of drug-likeness (QED) is 0.474. The standard InChI is InChI=1S/C28H32ClN3O2/c1-22-21-30(17-8-18-32(28(33)34)26-15-13-25(29)14-16-26)19-20-31(22)27(23-9-4-2-5-10-23)24-11-6-3-7-12-24/h2-7,9-16,22,27H,8,17-21H2,1H3,(H,33,34)/p-1. The zero-order valence-corrected chi connectivity index (χ0v) is 20.3. The molecule has 1 aliphatic heterocycles. The van der Waals surface area contributed by atoms with Gasteiger partial charge in [-0.2, -0.15) is 0 Å². The molecule has 1 atom stereocenters. The highest BCUT2D eigenvalue weighted by molar-refractivity contribution is 6.30. The smallest absolute Gasteiger partial charge is 0.141 e. The highest BCUT2D eigenvalue weighted by atomic mass is 35.5. The Morgan fingerprint density at radius 1 is 0.971 bits per heavy atom. The number of hydrogen-bond acceptors (Lipinski definition) is 4. The van der Waals surface area contributed by atoms with Crippen molar-refractivity contribution in [3.8, 4) is 0 Å². The minimum Gasteiger partial charge on any atom is -0.530 e. The summed E-state index contributed by atoms with van der Waals surface area (Å²) in [6.07, 6.45) is -0.446. The molecular formula is C28H31ClN3O2-. The van der Waals surface area contributed by atoms with Crippen molar-refractivity contribution in [3.63, 3.8) is 0 Å². The van der Waals surface area contributed by atoms with E-state index in [1.165, 1.54) is 16.0 Å².